The number of rotatable bonds is 4. The molecule has 0 saturated carbocycles. The Morgan fingerprint density at radius 1 is 1.16 bits per heavy atom. The molecule has 1 saturated heterocycles. The minimum atomic E-state index is -0.960. The number of hydrogen-bond donors (Lipinski definition) is 3. The van der Waals surface area contributed by atoms with Gasteiger partial charge in [0.25, 0.3) is 5.91 Å². The molecule has 32 heavy (non-hydrogen) atoms. The highest BCUT2D eigenvalue weighted by Crippen LogP contribution is 2.27. The molecule has 12 heteroatoms. The zero-order valence-electron chi connectivity index (χ0n) is 16.9. The third-order valence-electron chi connectivity index (χ3n) is 5.10. The molecule has 1 aliphatic rings. The monoisotopic (exact) mass is 440 g/mol. The van der Waals surface area contributed by atoms with Crippen LogP contribution in [-0.2, 0) is 4.74 Å². The molecule has 5 rings (SSSR count). The topological polar surface area (TPSA) is 125 Å². The number of amides is 1. The van der Waals surface area contributed by atoms with Gasteiger partial charge in [-0.1, -0.05) is 6.07 Å². The number of ether oxygens (including phenoxy) is 1. The fourth-order valence-electron chi connectivity index (χ4n) is 3.51. The molecular weight excluding hydrogens is 422 g/mol. The lowest BCUT2D eigenvalue weighted by Gasteiger charge is -2.26. The van der Waals surface area contributed by atoms with E-state index in [4.69, 9.17) is 4.74 Å². The van der Waals surface area contributed by atoms with Crippen molar-refractivity contribution in [3.63, 3.8) is 0 Å². The zero-order chi connectivity index (χ0) is 22.2. The highest BCUT2D eigenvalue weighted by Gasteiger charge is 2.22. The SMILES string of the molecule is Cc1nc(N2CCOCC2)nc2[nH]c(-c3n[nH]cc3NC(=O)c3c(F)cccc3F)nc12. The molecule has 164 valence electrons. The minimum absolute atomic E-state index is 0.204. The summed E-state index contributed by atoms with van der Waals surface area (Å²) in [6.07, 6.45) is 1.40. The number of carbonyl (C=O) groups is 1. The van der Waals surface area contributed by atoms with Crippen molar-refractivity contribution < 1.29 is 18.3 Å². The number of aromatic nitrogens is 6. The minimum Gasteiger partial charge on any atom is -0.378 e. The largest absolute Gasteiger partial charge is 0.378 e. The van der Waals surface area contributed by atoms with E-state index in [1.165, 1.54) is 12.3 Å². The van der Waals surface area contributed by atoms with Gasteiger partial charge in [-0.25, -0.2) is 18.7 Å². The number of benzene rings is 1. The number of imidazole rings is 1. The number of halogens is 2. The molecule has 4 heterocycles. The van der Waals surface area contributed by atoms with Crippen molar-refractivity contribution in [1.29, 1.82) is 0 Å². The first kappa shape index (κ1) is 20.0. The summed E-state index contributed by atoms with van der Waals surface area (Å²) in [5, 5.41) is 9.23. The van der Waals surface area contributed by atoms with Gasteiger partial charge in [0.2, 0.25) is 5.95 Å². The van der Waals surface area contributed by atoms with E-state index in [0.717, 1.165) is 12.1 Å². The smallest absolute Gasteiger partial charge is 0.261 e. The van der Waals surface area contributed by atoms with E-state index in [-0.39, 0.29) is 11.4 Å². The van der Waals surface area contributed by atoms with Crippen molar-refractivity contribution in [3.8, 4) is 11.5 Å². The third-order valence-corrected chi connectivity index (χ3v) is 5.10. The number of aryl methyl sites for hydroxylation is 1. The molecule has 4 aromatic rings. The van der Waals surface area contributed by atoms with Gasteiger partial charge in [-0.3, -0.25) is 9.89 Å². The summed E-state index contributed by atoms with van der Waals surface area (Å²) < 4.78 is 33.3. The van der Waals surface area contributed by atoms with Gasteiger partial charge in [-0.05, 0) is 19.1 Å². The van der Waals surface area contributed by atoms with E-state index >= 15 is 0 Å². The molecule has 1 amide bonds. The van der Waals surface area contributed by atoms with Crippen LogP contribution in [0.1, 0.15) is 16.1 Å². The molecule has 0 radical (unpaired) electrons. The van der Waals surface area contributed by atoms with E-state index in [2.05, 4.69) is 35.5 Å². The average molecular weight is 440 g/mol. The lowest BCUT2D eigenvalue weighted by Crippen LogP contribution is -2.37. The highest BCUT2D eigenvalue weighted by molar-refractivity contribution is 6.06. The summed E-state index contributed by atoms with van der Waals surface area (Å²) in [5.74, 6) is -1.97. The van der Waals surface area contributed by atoms with Crippen LogP contribution in [0.5, 0.6) is 0 Å². The number of hydrogen-bond acceptors (Lipinski definition) is 7. The van der Waals surface area contributed by atoms with Crippen molar-refractivity contribution in [3.05, 3.63) is 47.3 Å². The first-order chi connectivity index (χ1) is 15.5. The molecule has 1 aliphatic heterocycles. The number of anilines is 2. The summed E-state index contributed by atoms with van der Waals surface area (Å²) in [6, 6.07) is 3.22. The van der Waals surface area contributed by atoms with E-state index in [0.29, 0.717) is 54.9 Å². The van der Waals surface area contributed by atoms with E-state index < -0.39 is 23.1 Å². The van der Waals surface area contributed by atoms with Crippen molar-refractivity contribution in [2.75, 3.05) is 36.5 Å². The Labute approximate surface area is 180 Å². The van der Waals surface area contributed by atoms with Crippen molar-refractivity contribution >= 4 is 28.7 Å². The normalized spacial score (nSPS) is 14.2. The van der Waals surface area contributed by atoms with Gasteiger partial charge in [0.15, 0.2) is 17.2 Å². The maximum Gasteiger partial charge on any atom is 0.261 e. The van der Waals surface area contributed by atoms with Gasteiger partial charge in [0.1, 0.15) is 22.7 Å². The second-order valence-corrected chi connectivity index (χ2v) is 7.19. The van der Waals surface area contributed by atoms with Crippen LogP contribution in [0.3, 0.4) is 0 Å². The molecule has 0 unspecified atom stereocenters. The van der Waals surface area contributed by atoms with Crippen LogP contribution in [0.25, 0.3) is 22.7 Å². The molecule has 1 fully saturated rings. The Morgan fingerprint density at radius 2 is 1.91 bits per heavy atom. The number of aromatic amines is 2. The van der Waals surface area contributed by atoms with Crippen LogP contribution in [0.15, 0.2) is 24.4 Å². The molecule has 0 bridgehead atoms. The van der Waals surface area contributed by atoms with Gasteiger partial charge in [0.05, 0.1) is 24.6 Å². The standard InChI is InChI=1S/C20H18F2N8O2/c1-10-15-17(28-20(24-10)30-5-7-32-8-6-30)27-18(26-15)16-13(9-23-29-16)25-19(31)14-11(21)3-2-4-12(14)22/h2-4,9H,5-8H2,1H3,(H,23,29)(H,25,31)(H,24,26,27,28). The van der Waals surface area contributed by atoms with Crippen LogP contribution in [0.2, 0.25) is 0 Å². The fourth-order valence-corrected chi connectivity index (χ4v) is 3.51. The molecular formula is C20H18F2N8O2. The first-order valence-corrected chi connectivity index (χ1v) is 9.88. The number of nitrogens with one attached hydrogen (secondary N) is 3. The van der Waals surface area contributed by atoms with Crippen LogP contribution in [-0.4, -0.2) is 62.3 Å². The van der Waals surface area contributed by atoms with Crippen molar-refractivity contribution in [1.82, 2.24) is 30.1 Å². The number of carbonyl (C=O) groups excluding carboxylic acids is 1. The van der Waals surface area contributed by atoms with E-state index in [9.17, 15) is 13.6 Å². The molecule has 3 N–H and O–H groups in total. The average Bonchev–Trinajstić information content (AvgIpc) is 3.41. The van der Waals surface area contributed by atoms with Crippen LogP contribution in [0.4, 0.5) is 20.4 Å². The first-order valence-electron chi connectivity index (χ1n) is 9.88. The molecule has 0 aliphatic carbocycles. The second kappa shape index (κ2) is 7.96. The van der Waals surface area contributed by atoms with E-state index in [1.54, 1.807) is 0 Å². The lowest BCUT2D eigenvalue weighted by molar-refractivity contribution is 0.101. The predicted molar refractivity (Wildman–Crippen MR) is 111 cm³/mol. The number of fused-ring (bicyclic) bond motifs is 1. The maximum absolute atomic E-state index is 14.0. The third kappa shape index (κ3) is 3.54. The Kier molecular flexibility index (Phi) is 4.98. The zero-order valence-corrected chi connectivity index (χ0v) is 16.9. The van der Waals surface area contributed by atoms with E-state index in [1.807, 2.05) is 11.8 Å². The van der Waals surface area contributed by atoms with Crippen LogP contribution >= 0.6 is 0 Å². The van der Waals surface area contributed by atoms with Crippen molar-refractivity contribution in [2.24, 2.45) is 0 Å². The summed E-state index contributed by atoms with van der Waals surface area (Å²) in [4.78, 5) is 31.2. The second-order valence-electron chi connectivity index (χ2n) is 7.19. The molecule has 1 aromatic carbocycles. The maximum atomic E-state index is 14.0. The van der Waals surface area contributed by atoms with Gasteiger partial charge in [-0.2, -0.15) is 10.1 Å². The molecule has 0 atom stereocenters. The molecule has 10 nitrogen and oxygen atoms in total. The molecule has 0 spiro atoms. The Bertz CT molecular complexity index is 1290. The van der Waals surface area contributed by atoms with Gasteiger partial charge >= 0.3 is 0 Å². The number of H-pyrrole nitrogens is 2. The summed E-state index contributed by atoms with van der Waals surface area (Å²) in [6.45, 7) is 4.41. The number of nitrogens with zero attached hydrogens (tertiary/aromatic N) is 5. The highest BCUT2D eigenvalue weighted by atomic mass is 19.1. The lowest BCUT2D eigenvalue weighted by atomic mass is 10.2. The predicted octanol–water partition coefficient (Wildman–Crippen LogP) is 2.42. The summed E-state index contributed by atoms with van der Waals surface area (Å²) in [7, 11) is 0. The van der Waals surface area contributed by atoms with Crippen molar-refractivity contribution in [2.45, 2.75) is 6.92 Å². The quantitative estimate of drug-likeness (QED) is 0.445. The number of morpholine rings is 1. The fraction of sp³-hybridized carbons (Fsp3) is 0.250. The Morgan fingerprint density at radius 3 is 2.66 bits per heavy atom. The van der Waals surface area contributed by atoms with Crippen LogP contribution < -0.4 is 10.2 Å². The Hall–Kier alpha value is -3.93. The summed E-state index contributed by atoms with van der Waals surface area (Å²) in [5.41, 5.74) is 1.53. The van der Waals surface area contributed by atoms with Gasteiger partial charge in [-0.15, -0.1) is 0 Å². The Balaban J connectivity index is 1.47. The summed E-state index contributed by atoms with van der Waals surface area (Å²) >= 11 is 0. The van der Waals surface area contributed by atoms with Gasteiger partial charge < -0.3 is 19.9 Å². The van der Waals surface area contributed by atoms with Gasteiger partial charge in [0, 0.05) is 19.3 Å². The molecule has 3 aromatic heterocycles. The van der Waals surface area contributed by atoms with Crippen LogP contribution in [0, 0.1) is 18.6 Å².